The quantitative estimate of drug-likeness (QED) is 0.524. The van der Waals surface area contributed by atoms with Gasteiger partial charge in [-0.05, 0) is 41.0 Å². The Bertz CT molecular complexity index is 1170. The first-order valence-electron chi connectivity index (χ1n) is 9.86. The lowest BCUT2D eigenvalue weighted by atomic mass is 10.1. The van der Waals surface area contributed by atoms with Crippen LogP contribution in [0.5, 0.6) is 5.88 Å². The number of nitrogens with zero attached hydrogens (tertiary/aromatic N) is 4. The zero-order chi connectivity index (χ0) is 22.7. The van der Waals surface area contributed by atoms with Crippen molar-refractivity contribution in [1.29, 1.82) is 0 Å². The van der Waals surface area contributed by atoms with E-state index in [4.69, 9.17) is 21.1 Å². The van der Waals surface area contributed by atoms with E-state index in [1.807, 2.05) is 18.2 Å². The largest absolute Gasteiger partial charge is 0.481 e. The van der Waals surface area contributed by atoms with Gasteiger partial charge in [0, 0.05) is 37.4 Å². The maximum Gasteiger partial charge on any atom is 0.357 e. The normalized spacial score (nSPS) is 13.0. The Morgan fingerprint density at radius 2 is 2.00 bits per heavy atom. The number of fused-ring (bicyclic) bond motifs is 1. The van der Waals surface area contributed by atoms with Gasteiger partial charge in [-0.3, -0.25) is 4.90 Å². The van der Waals surface area contributed by atoms with Crippen molar-refractivity contribution in [1.82, 2.24) is 14.9 Å². The zero-order valence-corrected chi connectivity index (χ0v) is 18.4. The number of halogens is 1. The summed E-state index contributed by atoms with van der Waals surface area (Å²) in [5.74, 6) is -0.109. The minimum absolute atomic E-state index is 0.0652. The van der Waals surface area contributed by atoms with Crippen LogP contribution in [0.15, 0.2) is 54.9 Å². The van der Waals surface area contributed by atoms with E-state index in [1.54, 1.807) is 42.4 Å². The second kappa shape index (κ2) is 9.23. The number of anilines is 1. The maximum atomic E-state index is 12.8. The van der Waals surface area contributed by atoms with Gasteiger partial charge in [0.25, 0.3) is 0 Å². The van der Waals surface area contributed by atoms with Gasteiger partial charge >= 0.3 is 12.0 Å². The van der Waals surface area contributed by atoms with E-state index in [1.165, 1.54) is 18.2 Å². The minimum Gasteiger partial charge on any atom is -0.481 e. The summed E-state index contributed by atoms with van der Waals surface area (Å²) < 4.78 is 10.5. The Morgan fingerprint density at radius 1 is 1.16 bits per heavy atom. The van der Waals surface area contributed by atoms with Crippen molar-refractivity contribution in [3.8, 4) is 5.88 Å². The second-order valence-corrected chi connectivity index (χ2v) is 7.74. The van der Waals surface area contributed by atoms with Crippen LogP contribution in [-0.2, 0) is 24.4 Å². The SMILES string of the molecule is COc1cc(COC(=O)c2cc3c(cn2)N(C)C(=O)N(Cc2cccc(Cl)c2)C3)ccn1. The number of methoxy groups -OCH3 is 1. The molecule has 0 unspecified atom stereocenters. The Morgan fingerprint density at radius 3 is 2.78 bits per heavy atom. The standard InChI is InChI=1S/C23H21ClN4O4/c1-27-20-11-26-19(22(29)32-14-16-6-7-25-21(9-16)31-2)10-17(20)13-28(23(27)30)12-15-4-3-5-18(24)8-15/h3-11H,12-14H2,1-2H3. The Kier molecular flexibility index (Phi) is 6.23. The molecule has 3 heterocycles. The molecule has 8 nitrogen and oxygen atoms in total. The number of hydrogen-bond acceptors (Lipinski definition) is 6. The highest BCUT2D eigenvalue weighted by Gasteiger charge is 2.29. The minimum atomic E-state index is -0.551. The van der Waals surface area contributed by atoms with Crippen LogP contribution in [0.2, 0.25) is 5.02 Å². The number of urea groups is 1. The molecule has 0 radical (unpaired) electrons. The lowest BCUT2D eigenvalue weighted by Crippen LogP contribution is -2.44. The third kappa shape index (κ3) is 4.65. The lowest BCUT2D eigenvalue weighted by Gasteiger charge is -2.35. The molecule has 1 aliphatic heterocycles. The first-order chi connectivity index (χ1) is 15.4. The summed E-state index contributed by atoms with van der Waals surface area (Å²) >= 11 is 6.07. The molecule has 0 N–H and O–H groups in total. The van der Waals surface area contributed by atoms with Crippen LogP contribution in [0.3, 0.4) is 0 Å². The predicted molar refractivity (Wildman–Crippen MR) is 119 cm³/mol. The van der Waals surface area contributed by atoms with Gasteiger partial charge in [-0.25, -0.2) is 19.6 Å². The van der Waals surface area contributed by atoms with Gasteiger partial charge in [0.1, 0.15) is 12.3 Å². The molecule has 3 aromatic rings. The number of carbonyl (C=O) groups is 2. The molecule has 164 valence electrons. The molecule has 1 aromatic carbocycles. The summed E-state index contributed by atoms with van der Waals surface area (Å²) in [5.41, 5.74) is 3.31. The number of ether oxygens (including phenoxy) is 2. The van der Waals surface area contributed by atoms with Crippen LogP contribution in [0.25, 0.3) is 0 Å². The van der Waals surface area contributed by atoms with E-state index < -0.39 is 5.97 Å². The van der Waals surface area contributed by atoms with Gasteiger partial charge in [-0.2, -0.15) is 0 Å². The van der Waals surface area contributed by atoms with Crippen molar-refractivity contribution in [3.05, 3.63) is 82.3 Å². The molecule has 0 aliphatic carbocycles. The van der Waals surface area contributed by atoms with E-state index in [0.29, 0.717) is 29.7 Å². The fourth-order valence-corrected chi connectivity index (χ4v) is 3.69. The first kappa shape index (κ1) is 21.6. The summed E-state index contributed by atoms with van der Waals surface area (Å²) in [6.45, 7) is 0.806. The molecule has 0 saturated carbocycles. The van der Waals surface area contributed by atoms with Crippen LogP contribution in [0.4, 0.5) is 10.5 Å². The van der Waals surface area contributed by atoms with Crippen LogP contribution in [-0.4, -0.2) is 41.0 Å². The molecule has 0 saturated heterocycles. The molecule has 0 fully saturated rings. The summed E-state index contributed by atoms with van der Waals surface area (Å²) in [6.07, 6.45) is 3.11. The molecular weight excluding hydrogens is 432 g/mol. The first-order valence-corrected chi connectivity index (χ1v) is 10.2. The highest BCUT2D eigenvalue weighted by Crippen LogP contribution is 2.29. The number of aromatic nitrogens is 2. The molecule has 0 atom stereocenters. The van der Waals surface area contributed by atoms with E-state index in [9.17, 15) is 9.59 Å². The monoisotopic (exact) mass is 452 g/mol. The molecule has 32 heavy (non-hydrogen) atoms. The van der Waals surface area contributed by atoms with Gasteiger partial charge in [-0.1, -0.05) is 23.7 Å². The smallest absolute Gasteiger partial charge is 0.357 e. The van der Waals surface area contributed by atoms with Crippen molar-refractivity contribution in [3.63, 3.8) is 0 Å². The molecule has 0 spiro atoms. The van der Waals surface area contributed by atoms with Crippen molar-refractivity contribution in [2.75, 3.05) is 19.1 Å². The molecule has 9 heteroatoms. The van der Waals surface area contributed by atoms with E-state index >= 15 is 0 Å². The van der Waals surface area contributed by atoms with Crippen LogP contribution in [0.1, 0.15) is 27.2 Å². The number of amides is 2. The average Bonchev–Trinajstić information content (AvgIpc) is 2.80. The molecule has 2 aromatic heterocycles. The molecule has 2 amide bonds. The number of pyridine rings is 2. The second-order valence-electron chi connectivity index (χ2n) is 7.31. The summed E-state index contributed by atoms with van der Waals surface area (Å²) in [6, 6.07) is 12.3. The molecule has 1 aliphatic rings. The van der Waals surface area contributed by atoms with Gasteiger partial charge in [0.05, 0.1) is 19.0 Å². The third-order valence-electron chi connectivity index (χ3n) is 5.10. The van der Waals surface area contributed by atoms with Crippen molar-refractivity contribution < 1.29 is 19.1 Å². The highest BCUT2D eigenvalue weighted by molar-refractivity contribution is 6.30. The number of esters is 1. The Hall–Kier alpha value is -3.65. The lowest BCUT2D eigenvalue weighted by molar-refractivity contribution is 0.0465. The topological polar surface area (TPSA) is 84.9 Å². The number of benzene rings is 1. The van der Waals surface area contributed by atoms with Crippen molar-refractivity contribution in [2.45, 2.75) is 19.7 Å². The van der Waals surface area contributed by atoms with Crippen molar-refractivity contribution >= 4 is 29.3 Å². The molecular formula is C23H21ClN4O4. The van der Waals surface area contributed by atoms with E-state index in [2.05, 4.69) is 9.97 Å². The number of hydrogen-bond donors (Lipinski definition) is 0. The fraction of sp³-hybridized carbons (Fsp3) is 0.217. The van der Waals surface area contributed by atoms with Crippen LogP contribution in [0, 0.1) is 0 Å². The zero-order valence-electron chi connectivity index (χ0n) is 17.6. The van der Waals surface area contributed by atoms with Crippen molar-refractivity contribution in [2.24, 2.45) is 0 Å². The van der Waals surface area contributed by atoms with E-state index in [-0.39, 0.29) is 18.3 Å². The molecule has 4 rings (SSSR count). The maximum absolute atomic E-state index is 12.8. The van der Waals surface area contributed by atoms with Gasteiger partial charge in [0.15, 0.2) is 0 Å². The predicted octanol–water partition coefficient (Wildman–Crippen LogP) is 4.07. The van der Waals surface area contributed by atoms with Gasteiger partial charge in [-0.15, -0.1) is 0 Å². The third-order valence-corrected chi connectivity index (χ3v) is 5.33. The Balaban J connectivity index is 1.49. The van der Waals surface area contributed by atoms with E-state index in [0.717, 1.165) is 16.7 Å². The molecule has 0 bridgehead atoms. The fourth-order valence-electron chi connectivity index (χ4n) is 3.47. The number of carbonyl (C=O) groups excluding carboxylic acids is 2. The summed E-state index contributed by atoms with van der Waals surface area (Å²) in [4.78, 5) is 36.8. The Labute approximate surface area is 190 Å². The number of rotatable bonds is 6. The van der Waals surface area contributed by atoms with Gasteiger partial charge < -0.3 is 14.4 Å². The highest BCUT2D eigenvalue weighted by atomic mass is 35.5. The summed E-state index contributed by atoms with van der Waals surface area (Å²) in [5, 5.41) is 0.613. The average molecular weight is 453 g/mol. The van der Waals surface area contributed by atoms with Gasteiger partial charge in [0.2, 0.25) is 5.88 Å². The van der Waals surface area contributed by atoms with Crippen LogP contribution < -0.4 is 9.64 Å². The summed E-state index contributed by atoms with van der Waals surface area (Å²) in [7, 11) is 3.20. The van der Waals surface area contributed by atoms with Crippen LogP contribution >= 0.6 is 11.6 Å².